The second-order valence-electron chi connectivity index (χ2n) is 3.25. The summed E-state index contributed by atoms with van der Waals surface area (Å²) in [6.07, 6.45) is 0. The lowest BCUT2D eigenvalue weighted by Gasteiger charge is -2.19. The molecule has 0 aliphatic carbocycles. The molecule has 0 radical (unpaired) electrons. The van der Waals surface area contributed by atoms with Gasteiger partial charge in [-0.05, 0) is 12.1 Å². The van der Waals surface area contributed by atoms with Crippen LogP contribution in [0.1, 0.15) is 0 Å². The number of hydrogen-bond acceptors (Lipinski definition) is 5. The highest BCUT2D eigenvalue weighted by atomic mass is 16.6. The first-order valence-electron chi connectivity index (χ1n) is 4.79. The number of nitrogens with one attached hydrogen (secondary N) is 1. The van der Waals surface area contributed by atoms with Crippen molar-refractivity contribution in [2.24, 2.45) is 0 Å². The molecule has 0 unspecified atom stereocenters. The molecule has 2 aromatic rings. The van der Waals surface area contributed by atoms with E-state index in [-0.39, 0.29) is 5.89 Å². The molecular weight excluding hydrogens is 212 g/mol. The fraction of sp³-hybridized carbons (Fsp3) is 0.200. The zero-order valence-corrected chi connectivity index (χ0v) is 8.23. The highest BCUT2D eigenvalue weighted by Crippen LogP contribution is 2.38. The zero-order chi connectivity index (χ0) is 11.0. The van der Waals surface area contributed by atoms with E-state index in [9.17, 15) is 4.79 Å². The van der Waals surface area contributed by atoms with E-state index in [0.29, 0.717) is 30.3 Å². The summed E-state index contributed by atoms with van der Waals surface area (Å²) in [6, 6.07) is 5.34. The van der Waals surface area contributed by atoms with Crippen LogP contribution >= 0.6 is 0 Å². The predicted octanol–water partition coefficient (Wildman–Crippen LogP) is 0.801. The number of benzene rings is 1. The van der Waals surface area contributed by atoms with Crippen molar-refractivity contribution in [3.63, 3.8) is 0 Å². The van der Waals surface area contributed by atoms with Crippen LogP contribution in [0.5, 0.6) is 11.5 Å². The Balaban J connectivity index is 2.17. The number of fused-ring (bicyclic) bond motifs is 1. The molecule has 82 valence electrons. The summed E-state index contributed by atoms with van der Waals surface area (Å²) in [7, 11) is 0. The van der Waals surface area contributed by atoms with Crippen molar-refractivity contribution in [3.8, 4) is 23.0 Å². The highest BCUT2D eigenvalue weighted by molar-refractivity contribution is 5.67. The smallest absolute Gasteiger partial charge is 0.434 e. The first kappa shape index (κ1) is 9.02. The lowest BCUT2D eigenvalue weighted by Crippen LogP contribution is -2.15. The quantitative estimate of drug-likeness (QED) is 0.769. The van der Waals surface area contributed by atoms with E-state index in [4.69, 9.17) is 13.9 Å². The van der Waals surface area contributed by atoms with Crippen LogP contribution in [-0.4, -0.2) is 23.4 Å². The number of ether oxygens (including phenoxy) is 2. The van der Waals surface area contributed by atoms with Crippen LogP contribution in [-0.2, 0) is 0 Å². The normalized spacial score (nSPS) is 13.8. The van der Waals surface area contributed by atoms with E-state index in [0.717, 1.165) is 0 Å². The second kappa shape index (κ2) is 3.41. The Labute approximate surface area is 89.8 Å². The summed E-state index contributed by atoms with van der Waals surface area (Å²) in [5, 5.41) is 5.96. The molecule has 1 aliphatic heterocycles. The molecule has 1 aliphatic rings. The Kier molecular flexibility index (Phi) is 1.92. The molecule has 2 heterocycles. The monoisotopic (exact) mass is 220 g/mol. The van der Waals surface area contributed by atoms with E-state index in [1.165, 1.54) is 0 Å². The minimum Gasteiger partial charge on any atom is -0.486 e. The van der Waals surface area contributed by atoms with E-state index in [1.54, 1.807) is 18.2 Å². The molecule has 16 heavy (non-hydrogen) atoms. The van der Waals surface area contributed by atoms with Crippen LogP contribution in [0.2, 0.25) is 0 Å². The van der Waals surface area contributed by atoms with Crippen molar-refractivity contribution in [1.82, 2.24) is 10.2 Å². The van der Waals surface area contributed by atoms with Gasteiger partial charge in [-0.25, -0.2) is 9.89 Å². The number of aromatic amines is 1. The Hall–Kier alpha value is -2.24. The van der Waals surface area contributed by atoms with Gasteiger partial charge in [0.05, 0.1) is 5.56 Å². The SMILES string of the molecule is O=c1[nH]nc(-c2cccc3c2OCCO3)o1. The Morgan fingerprint density at radius 3 is 2.94 bits per heavy atom. The molecule has 0 saturated heterocycles. The number of hydrogen-bond donors (Lipinski definition) is 1. The molecule has 0 saturated carbocycles. The predicted molar refractivity (Wildman–Crippen MR) is 53.5 cm³/mol. The van der Waals surface area contributed by atoms with Crippen molar-refractivity contribution in [2.45, 2.75) is 0 Å². The van der Waals surface area contributed by atoms with Crippen LogP contribution in [0.4, 0.5) is 0 Å². The van der Waals surface area contributed by atoms with Crippen LogP contribution in [0, 0.1) is 0 Å². The molecule has 3 rings (SSSR count). The van der Waals surface area contributed by atoms with E-state index < -0.39 is 5.76 Å². The Morgan fingerprint density at radius 1 is 1.25 bits per heavy atom. The average Bonchev–Trinajstić information content (AvgIpc) is 2.75. The molecule has 0 fully saturated rings. The first-order valence-corrected chi connectivity index (χ1v) is 4.79. The van der Waals surface area contributed by atoms with E-state index >= 15 is 0 Å². The van der Waals surface area contributed by atoms with Crippen molar-refractivity contribution in [2.75, 3.05) is 13.2 Å². The van der Waals surface area contributed by atoms with Gasteiger partial charge in [0.15, 0.2) is 11.5 Å². The second-order valence-corrected chi connectivity index (χ2v) is 3.25. The average molecular weight is 220 g/mol. The summed E-state index contributed by atoms with van der Waals surface area (Å²) in [5.41, 5.74) is 0.607. The van der Waals surface area contributed by atoms with Gasteiger partial charge in [0, 0.05) is 0 Å². The van der Waals surface area contributed by atoms with Crippen molar-refractivity contribution < 1.29 is 13.9 Å². The van der Waals surface area contributed by atoms with Gasteiger partial charge < -0.3 is 13.9 Å². The van der Waals surface area contributed by atoms with Gasteiger partial charge in [0.25, 0.3) is 5.89 Å². The maximum atomic E-state index is 10.9. The minimum absolute atomic E-state index is 0.201. The van der Waals surface area contributed by atoms with Crippen molar-refractivity contribution >= 4 is 0 Å². The molecule has 0 spiro atoms. The fourth-order valence-corrected chi connectivity index (χ4v) is 1.59. The Morgan fingerprint density at radius 2 is 2.12 bits per heavy atom. The third-order valence-electron chi connectivity index (χ3n) is 2.23. The molecule has 1 aromatic carbocycles. The number of rotatable bonds is 1. The van der Waals surface area contributed by atoms with Gasteiger partial charge in [0.1, 0.15) is 13.2 Å². The molecular formula is C10H8N2O4. The van der Waals surface area contributed by atoms with Gasteiger partial charge in [-0.15, -0.1) is 5.10 Å². The lowest BCUT2D eigenvalue weighted by molar-refractivity contribution is 0.172. The van der Waals surface area contributed by atoms with Crippen LogP contribution in [0.15, 0.2) is 27.4 Å². The van der Waals surface area contributed by atoms with Gasteiger partial charge >= 0.3 is 5.76 Å². The summed E-state index contributed by atoms with van der Waals surface area (Å²) >= 11 is 0. The molecule has 0 bridgehead atoms. The zero-order valence-electron chi connectivity index (χ0n) is 8.23. The van der Waals surface area contributed by atoms with Crippen LogP contribution in [0.3, 0.4) is 0 Å². The van der Waals surface area contributed by atoms with Gasteiger partial charge in [-0.3, -0.25) is 0 Å². The Bertz CT molecular complexity index is 572. The molecule has 0 atom stereocenters. The molecule has 1 N–H and O–H groups in total. The minimum atomic E-state index is -0.593. The number of aromatic nitrogens is 2. The summed E-state index contributed by atoms with van der Waals surface area (Å²) in [6.45, 7) is 0.986. The van der Waals surface area contributed by atoms with Crippen LogP contribution in [0.25, 0.3) is 11.5 Å². The summed E-state index contributed by atoms with van der Waals surface area (Å²) in [4.78, 5) is 10.9. The maximum Gasteiger partial charge on any atom is 0.434 e. The molecule has 1 aromatic heterocycles. The number of H-pyrrole nitrogens is 1. The molecule has 6 nitrogen and oxygen atoms in total. The molecule has 0 amide bonds. The standard InChI is InChI=1S/C10H8N2O4/c13-10-12-11-9(16-10)6-2-1-3-7-8(6)15-5-4-14-7/h1-3H,4-5H2,(H,12,13). The largest absolute Gasteiger partial charge is 0.486 e. The van der Waals surface area contributed by atoms with E-state index in [2.05, 4.69) is 10.2 Å². The van der Waals surface area contributed by atoms with Crippen molar-refractivity contribution in [3.05, 3.63) is 28.7 Å². The lowest BCUT2D eigenvalue weighted by atomic mass is 10.2. The van der Waals surface area contributed by atoms with Gasteiger partial charge in [0.2, 0.25) is 0 Å². The van der Waals surface area contributed by atoms with Gasteiger partial charge in [-0.2, -0.15) is 0 Å². The topological polar surface area (TPSA) is 77.4 Å². The first-order chi connectivity index (χ1) is 7.84. The fourth-order valence-electron chi connectivity index (χ4n) is 1.59. The highest BCUT2D eigenvalue weighted by Gasteiger charge is 2.19. The molecule has 6 heteroatoms. The number of para-hydroxylation sites is 1. The third-order valence-corrected chi connectivity index (χ3v) is 2.23. The maximum absolute atomic E-state index is 10.9. The van der Waals surface area contributed by atoms with Crippen LogP contribution < -0.4 is 15.2 Å². The summed E-state index contributed by atoms with van der Waals surface area (Å²) in [5.74, 6) is 0.801. The van der Waals surface area contributed by atoms with Gasteiger partial charge in [-0.1, -0.05) is 6.07 Å². The number of nitrogens with zero attached hydrogens (tertiary/aromatic N) is 1. The van der Waals surface area contributed by atoms with E-state index in [1.807, 2.05) is 0 Å². The van der Waals surface area contributed by atoms with Crippen molar-refractivity contribution in [1.29, 1.82) is 0 Å². The third kappa shape index (κ3) is 1.35. The summed E-state index contributed by atoms with van der Waals surface area (Å²) < 4.78 is 15.8.